The molecule has 1 saturated heterocycles. The number of benzene rings is 1. The van der Waals surface area contributed by atoms with E-state index in [0.29, 0.717) is 0 Å². The first kappa shape index (κ1) is 16.6. The summed E-state index contributed by atoms with van der Waals surface area (Å²) < 4.78 is 0. The summed E-state index contributed by atoms with van der Waals surface area (Å²) in [6.07, 6.45) is 2.32. The Morgan fingerprint density at radius 2 is 1.81 bits per heavy atom. The molecule has 0 amide bonds. The number of hydrogen-bond donors (Lipinski definition) is 1. The lowest BCUT2D eigenvalue weighted by Gasteiger charge is -2.41. The third kappa shape index (κ3) is 4.12. The van der Waals surface area contributed by atoms with Crippen LogP contribution in [0.25, 0.3) is 0 Å². The quantitative estimate of drug-likeness (QED) is 0.875. The number of nitrogens with two attached hydrogens (primary N) is 1. The topological polar surface area (TPSA) is 32.5 Å². The molecule has 0 aromatic heterocycles. The van der Waals surface area contributed by atoms with Crippen molar-refractivity contribution < 1.29 is 0 Å². The molecular formula is C17H28ClN3. The van der Waals surface area contributed by atoms with Gasteiger partial charge in [-0.25, -0.2) is 0 Å². The van der Waals surface area contributed by atoms with Crippen LogP contribution < -0.4 is 10.6 Å². The van der Waals surface area contributed by atoms with Crippen LogP contribution in [0.1, 0.15) is 26.7 Å². The minimum Gasteiger partial charge on any atom is -0.369 e. The van der Waals surface area contributed by atoms with Gasteiger partial charge in [-0.2, -0.15) is 0 Å². The van der Waals surface area contributed by atoms with Gasteiger partial charge in [-0.05, 0) is 43.0 Å². The average Bonchev–Trinajstić information content (AvgIpc) is 2.53. The number of hydrogen-bond acceptors (Lipinski definition) is 3. The van der Waals surface area contributed by atoms with Gasteiger partial charge in [-0.3, -0.25) is 4.90 Å². The van der Waals surface area contributed by atoms with Crippen molar-refractivity contribution >= 4 is 17.3 Å². The van der Waals surface area contributed by atoms with Gasteiger partial charge in [-0.15, -0.1) is 0 Å². The predicted molar refractivity (Wildman–Crippen MR) is 92.2 cm³/mol. The fourth-order valence-electron chi connectivity index (χ4n) is 3.14. The second kappa shape index (κ2) is 7.48. The van der Waals surface area contributed by atoms with E-state index >= 15 is 0 Å². The van der Waals surface area contributed by atoms with Gasteiger partial charge >= 0.3 is 0 Å². The van der Waals surface area contributed by atoms with Crippen LogP contribution in [0, 0.1) is 5.41 Å². The molecule has 118 valence electrons. The standard InChI is InChI=1S/C17H28ClN3/c1-3-17(4-2,13-19)14-20-8-10-21(11-9-20)16-7-5-6-15(18)12-16/h5-7,12H,3-4,8-11,13-14,19H2,1-2H3. The summed E-state index contributed by atoms with van der Waals surface area (Å²) in [6, 6.07) is 8.15. The molecule has 0 saturated carbocycles. The fraction of sp³-hybridized carbons (Fsp3) is 0.647. The first-order chi connectivity index (χ1) is 10.1. The zero-order valence-corrected chi connectivity index (χ0v) is 14.1. The van der Waals surface area contributed by atoms with Crippen LogP contribution in [0.3, 0.4) is 0 Å². The van der Waals surface area contributed by atoms with E-state index in [4.69, 9.17) is 17.3 Å². The Bertz CT molecular complexity index is 429. The van der Waals surface area contributed by atoms with Gasteiger partial charge in [0.1, 0.15) is 0 Å². The van der Waals surface area contributed by atoms with Gasteiger partial charge in [-0.1, -0.05) is 31.5 Å². The highest BCUT2D eigenvalue weighted by atomic mass is 35.5. The Labute approximate surface area is 134 Å². The molecular weight excluding hydrogens is 282 g/mol. The average molecular weight is 310 g/mol. The smallest absolute Gasteiger partial charge is 0.0426 e. The van der Waals surface area contributed by atoms with Crippen LogP contribution in [-0.2, 0) is 0 Å². The zero-order chi connectivity index (χ0) is 15.3. The third-order valence-corrected chi connectivity index (χ3v) is 5.27. The summed E-state index contributed by atoms with van der Waals surface area (Å²) in [6.45, 7) is 10.8. The second-order valence-electron chi connectivity index (χ2n) is 6.15. The van der Waals surface area contributed by atoms with E-state index in [1.54, 1.807) is 0 Å². The lowest BCUT2D eigenvalue weighted by molar-refractivity contribution is 0.138. The van der Waals surface area contributed by atoms with Crippen molar-refractivity contribution in [3.05, 3.63) is 29.3 Å². The van der Waals surface area contributed by atoms with Gasteiger partial charge in [0.25, 0.3) is 0 Å². The van der Waals surface area contributed by atoms with Crippen molar-refractivity contribution in [2.45, 2.75) is 26.7 Å². The summed E-state index contributed by atoms with van der Waals surface area (Å²) in [5, 5.41) is 0.814. The van der Waals surface area contributed by atoms with Crippen molar-refractivity contribution in [1.82, 2.24) is 4.90 Å². The van der Waals surface area contributed by atoms with Gasteiger partial charge in [0.05, 0.1) is 0 Å². The molecule has 0 spiro atoms. The maximum Gasteiger partial charge on any atom is 0.0426 e. The Balaban J connectivity index is 1.91. The van der Waals surface area contributed by atoms with Crippen LogP contribution in [0.15, 0.2) is 24.3 Å². The highest BCUT2D eigenvalue weighted by Gasteiger charge is 2.29. The molecule has 1 aliphatic heterocycles. The lowest BCUT2D eigenvalue weighted by Crippen LogP contribution is -2.51. The number of nitrogens with zero attached hydrogens (tertiary/aromatic N) is 2. The van der Waals surface area contributed by atoms with Crippen molar-refractivity contribution in [3.8, 4) is 0 Å². The molecule has 0 atom stereocenters. The van der Waals surface area contributed by atoms with Crippen LogP contribution in [0.2, 0.25) is 5.02 Å². The normalized spacial score (nSPS) is 17.2. The summed E-state index contributed by atoms with van der Waals surface area (Å²) in [4.78, 5) is 4.99. The van der Waals surface area contributed by atoms with E-state index in [9.17, 15) is 0 Å². The summed E-state index contributed by atoms with van der Waals surface area (Å²) in [7, 11) is 0. The minimum atomic E-state index is 0.290. The molecule has 0 aliphatic carbocycles. The van der Waals surface area contributed by atoms with Crippen LogP contribution >= 0.6 is 11.6 Å². The van der Waals surface area contributed by atoms with E-state index in [-0.39, 0.29) is 5.41 Å². The third-order valence-electron chi connectivity index (χ3n) is 5.04. The zero-order valence-electron chi connectivity index (χ0n) is 13.3. The second-order valence-corrected chi connectivity index (χ2v) is 6.59. The maximum absolute atomic E-state index is 6.09. The number of rotatable bonds is 6. The number of anilines is 1. The molecule has 0 unspecified atom stereocenters. The predicted octanol–water partition coefficient (Wildman–Crippen LogP) is 3.23. The van der Waals surface area contributed by atoms with E-state index in [1.165, 1.54) is 5.69 Å². The van der Waals surface area contributed by atoms with Gasteiger partial charge in [0.2, 0.25) is 0 Å². The van der Waals surface area contributed by atoms with Gasteiger partial charge < -0.3 is 10.6 Å². The molecule has 2 rings (SSSR count). The van der Waals surface area contributed by atoms with Gasteiger partial charge in [0, 0.05) is 43.4 Å². The van der Waals surface area contributed by atoms with Gasteiger partial charge in [0.15, 0.2) is 0 Å². The highest BCUT2D eigenvalue weighted by molar-refractivity contribution is 6.30. The van der Waals surface area contributed by atoms with Crippen LogP contribution in [0.5, 0.6) is 0 Å². The van der Waals surface area contributed by atoms with Crippen molar-refractivity contribution in [2.75, 3.05) is 44.2 Å². The maximum atomic E-state index is 6.09. The van der Waals surface area contributed by atoms with Crippen molar-refractivity contribution in [2.24, 2.45) is 11.1 Å². The Morgan fingerprint density at radius 3 is 2.33 bits per heavy atom. The molecule has 3 nitrogen and oxygen atoms in total. The molecule has 1 aromatic carbocycles. The monoisotopic (exact) mass is 309 g/mol. The Hall–Kier alpha value is -0.770. The Kier molecular flexibility index (Phi) is 5.91. The molecule has 0 radical (unpaired) electrons. The SMILES string of the molecule is CCC(CC)(CN)CN1CCN(c2cccc(Cl)c2)CC1. The molecule has 1 heterocycles. The molecule has 1 aromatic rings. The van der Waals surface area contributed by atoms with Crippen molar-refractivity contribution in [1.29, 1.82) is 0 Å². The lowest BCUT2D eigenvalue weighted by atomic mass is 9.82. The minimum absolute atomic E-state index is 0.290. The first-order valence-corrected chi connectivity index (χ1v) is 8.43. The summed E-state index contributed by atoms with van der Waals surface area (Å²) >= 11 is 6.09. The van der Waals surface area contributed by atoms with E-state index in [2.05, 4.69) is 35.8 Å². The fourth-order valence-corrected chi connectivity index (χ4v) is 3.32. The first-order valence-electron chi connectivity index (χ1n) is 8.05. The van der Waals surface area contributed by atoms with E-state index in [0.717, 1.165) is 57.1 Å². The summed E-state index contributed by atoms with van der Waals surface area (Å²) in [5.41, 5.74) is 7.55. The number of halogens is 1. The van der Waals surface area contributed by atoms with E-state index < -0.39 is 0 Å². The molecule has 1 aliphatic rings. The number of piperazine rings is 1. The molecule has 1 fully saturated rings. The highest BCUT2D eigenvalue weighted by Crippen LogP contribution is 2.27. The van der Waals surface area contributed by atoms with Crippen molar-refractivity contribution in [3.63, 3.8) is 0 Å². The Morgan fingerprint density at radius 1 is 1.14 bits per heavy atom. The van der Waals surface area contributed by atoms with Crippen LogP contribution in [0.4, 0.5) is 5.69 Å². The molecule has 0 bridgehead atoms. The summed E-state index contributed by atoms with van der Waals surface area (Å²) in [5.74, 6) is 0. The molecule has 4 heteroatoms. The molecule has 2 N–H and O–H groups in total. The largest absolute Gasteiger partial charge is 0.369 e. The van der Waals surface area contributed by atoms with E-state index in [1.807, 2.05) is 12.1 Å². The van der Waals surface area contributed by atoms with Crippen LogP contribution in [-0.4, -0.2) is 44.2 Å². The molecule has 21 heavy (non-hydrogen) atoms.